The van der Waals surface area contributed by atoms with Gasteiger partial charge in [-0.05, 0) is 41.5 Å². The Kier molecular flexibility index (Phi) is 6.46. The predicted octanol–water partition coefficient (Wildman–Crippen LogP) is 6.25. The van der Waals surface area contributed by atoms with Gasteiger partial charge < -0.3 is 23.9 Å². The Balaban J connectivity index is 1.31. The van der Waals surface area contributed by atoms with E-state index in [9.17, 15) is 9.90 Å². The normalized spacial score (nSPS) is 14.2. The number of aromatic nitrogens is 2. The first-order valence-corrected chi connectivity index (χ1v) is 12.5. The van der Waals surface area contributed by atoms with Gasteiger partial charge in [-0.1, -0.05) is 54.6 Å². The number of halogens is 1. The number of carbonyl (C=O) groups is 1. The summed E-state index contributed by atoms with van der Waals surface area (Å²) in [5, 5.41) is 9.42. The topological polar surface area (TPSA) is 82.8 Å². The van der Waals surface area contributed by atoms with E-state index < -0.39 is 12.3 Å². The maximum Gasteiger partial charge on any atom is 0.335 e. The van der Waals surface area contributed by atoms with E-state index in [1.165, 1.54) is 12.1 Å². The minimum absolute atomic E-state index is 0.166. The molecule has 6 rings (SSSR count). The number of rotatable bonds is 8. The number of para-hydroxylation sites is 1. The number of methoxy groups -OCH3 is 1. The van der Waals surface area contributed by atoms with E-state index in [4.69, 9.17) is 14.2 Å². The third kappa shape index (κ3) is 4.70. The van der Waals surface area contributed by atoms with E-state index in [0.29, 0.717) is 52.6 Å². The van der Waals surface area contributed by atoms with Crippen molar-refractivity contribution in [2.24, 2.45) is 0 Å². The van der Waals surface area contributed by atoms with Gasteiger partial charge in [-0.3, -0.25) is 0 Å². The molecule has 0 spiro atoms. The van der Waals surface area contributed by atoms with Crippen LogP contribution in [0.15, 0.2) is 84.9 Å². The van der Waals surface area contributed by atoms with Crippen molar-refractivity contribution in [3.63, 3.8) is 0 Å². The van der Waals surface area contributed by atoms with E-state index in [-0.39, 0.29) is 17.8 Å². The fraction of sp³-hybridized carbons (Fsp3) is 0.161. The number of imidazole rings is 1. The summed E-state index contributed by atoms with van der Waals surface area (Å²) >= 11 is 0. The number of hydrogen-bond acceptors (Lipinski definition) is 5. The first-order valence-electron chi connectivity index (χ1n) is 12.5. The van der Waals surface area contributed by atoms with Crippen molar-refractivity contribution in [1.82, 2.24) is 9.55 Å². The number of benzene rings is 4. The van der Waals surface area contributed by atoms with Crippen LogP contribution >= 0.6 is 0 Å². The quantitative estimate of drug-likeness (QED) is 0.258. The first-order chi connectivity index (χ1) is 19.0. The third-order valence-electron chi connectivity index (χ3n) is 6.82. The standard InChI is InChI=1S/C31H25FN2O5/c1-37-15-14-34-26-17-22(30(35)36)12-13-25(26)33-28(34)18-21-11-10-20(16-24(21)32)23-8-5-9-27-29(23)39-31(38-27)19-6-3-2-4-7-19/h2-13,16-17,31H,14-15,18H2,1H3,(H,35,36). The first kappa shape index (κ1) is 24.6. The SMILES string of the molecule is COCCn1c(Cc2ccc(-c3cccc4c3OC(c3ccccc3)O4)cc2F)nc2ccc(C(=O)O)cc21. The molecule has 0 aliphatic carbocycles. The van der Waals surface area contributed by atoms with Crippen LogP contribution in [0, 0.1) is 5.82 Å². The van der Waals surface area contributed by atoms with E-state index >= 15 is 4.39 Å². The van der Waals surface area contributed by atoms with Gasteiger partial charge in [0.05, 0.1) is 23.2 Å². The summed E-state index contributed by atoms with van der Waals surface area (Å²) in [5.41, 5.74) is 4.26. The van der Waals surface area contributed by atoms with Crippen molar-refractivity contribution in [2.45, 2.75) is 19.3 Å². The molecule has 0 fully saturated rings. The number of hydrogen-bond donors (Lipinski definition) is 1. The average molecular weight is 525 g/mol. The van der Waals surface area contributed by atoms with Gasteiger partial charge in [-0.2, -0.15) is 0 Å². The lowest BCUT2D eigenvalue weighted by atomic mass is 10.0. The van der Waals surface area contributed by atoms with Crippen LogP contribution < -0.4 is 9.47 Å². The van der Waals surface area contributed by atoms with Gasteiger partial charge in [0.1, 0.15) is 11.6 Å². The van der Waals surface area contributed by atoms with E-state index in [0.717, 1.165) is 11.1 Å². The highest BCUT2D eigenvalue weighted by Crippen LogP contribution is 2.46. The number of aromatic carboxylic acids is 1. The minimum atomic E-state index is -1.02. The number of fused-ring (bicyclic) bond motifs is 2. The second-order valence-corrected chi connectivity index (χ2v) is 9.28. The molecule has 0 radical (unpaired) electrons. The Morgan fingerprint density at radius 2 is 1.87 bits per heavy atom. The maximum absolute atomic E-state index is 15.5. The molecular formula is C31H25FN2O5. The summed E-state index contributed by atoms with van der Waals surface area (Å²) in [6.07, 6.45) is -0.330. The molecule has 1 atom stereocenters. The second-order valence-electron chi connectivity index (χ2n) is 9.28. The smallest absolute Gasteiger partial charge is 0.335 e. The zero-order valence-electron chi connectivity index (χ0n) is 21.1. The van der Waals surface area contributed by atoms with Gasteiger partial charge in [0, 0.05) is 31.2 Å². The third-order valence-corrected chi connectivity index (χ3v) is 6.82. The molecule has 0 saturated carbocycles. The van der Waals surface area contributed by atoms with Crippen molar-refractivity contribution in [3.8, 4) is 22.6 Å². The van der Waals surface area contributed by atoms with E-state index in [1.54, 1.807) is 25.3 Å². The zero-order chi connectivity index (χ0) is 26.9. The van der Waals surface area contributed by atoms with Crippen LogP contribution in [-0.2, 0) is 17.7 Å². The molecule has 39 heavy (non-hydrogen) atoms. The number of carboxylic acids is 1. The monoisotopic (exact) mass is 524 g/mol. The summed E-state index contributed by atoms with van der Waals surface area (Å²) in [6.45, 7) is 0.865. The summed E-state index contributed by atoms with van der Waals surface area (Å²) < 4.78 is 34.8. The molecule has 1 unspecified atom stereocenters. The van der Waals surface area contributed by atoms with Crippen molar-refractivity contribution in [1.29, 1.82) is 0 Å². The molecule has 1 aromatic heterocycles. The predicted molar refractivity (Wildman–Crippen MR) is 144 cm³/mol. The maximum atomic E-state index is 15.5. The summed E-state index contributed by atoms with van der Waals surface area (Å²) in [4.78, 5) is 16.2. The Labute approximate surface area is 224 Å². The molecule has 7 nitrogen and oxygen atoms in total. The van der Waals surface area contributed by atoms with Gasteiger partial charge in [-0.15, -0.1) is 0 Å². The molecule has 196 valence electrons. The Hall–Kier alpha value is -4.69. The van der Waals surface area contributed by atoms with Crippen LogP contribution in [0.5, 0.6) is 11.5 Å². The van der Waals surface area contributed by atoms with Gasteiger partial charge in [0.2, 0.25) is 0 Å². The zero-order valence-corrected chi connectivity index (χ0v) is 21.1. The molecule has 8 heteroatoms. The van der Waals surface area contributed by atoms with Gasteiger partial charge in [0.15, 0.2) is 11.5 Å². The highest BCUT2D eigenvalue weighted by atomic mass is 19.1. The number of nitrogens with zero attached hydrogens (tertiary/aromatic N) is 2. The minimum Gasteiger partial charge on any atom is -0.478 e. The number of ether oxygens (including phenoxy) is 3. The molecule has 1 aliphatic rings. The fourth-order valence-corrected chi connectivity index (χ4v) is 4.85. The summed E-state index contributed by atoms with van der Waals surface area (Å²) in [6, 6.07) is 25.1. The van der Waals surface area contributed by atoms with Crippen molar-refractivity contribution in [3.05, 3.63) is 113 Å². The fourth-order valence-electron chi connectivity index (χ4n) is 4.85. The van der Waals surface area contributed by atoms with Gasteiger partial charge in [0.25, 0.3) is 6.29 Å². The van der Waals surface area contributed by atoms with Crippen LogP contribution in [0.2, 0.25) is 0 Å². The van der Waals surface area contributed by atoms with E-state index in [2.05, 4.69) is 4.98 Å². The molecule has 5 aromatic rings. The lowest BCUT2D eigenvalue weighted by Crippen LogP contribution is -2.10. The Bertz CT molecular complexity index is 1680. The summed E-state index contributed by atoms with van der Waals surface area (Å²) in [5.74, 6) is 0.420. The summed E-state index contributed by atoms with van der Waals surface area (Å²) in [7, 11) is 1.59. The second kappa shape index (κ2) is 10.2. The molecule has 4 aromatic carbocycles. The van der Waals surface area contributed by atoms with E-state index in [1.807, 2.05) is 59.2 Å². The average Bonchev–Trinajstić information content (AvgIpc) is 3.54. The largest absolute Gasteiger partial charge is 0.478 e. The van der Waals surface area contributed by atoms with Crippen LogP contribution in [0.25, 0.3) is 22.2 Å². The molecule has 1 aliphatic heterocycles. The number of carboxylic acid groups (broad SMARTS) is 1. The molecule has 0 amide bonds. The molecule has 0 saturated heterocycles. The molecule has 2 heterocycles. The van der Waals surface area contributed by atoms with Crippen LogP contribution in [-0.4, -0.2) is 34.3 Å². The van der Waals surface area contributed by atoms with Gasteiger partial charge in [-0.25, -0.2) is 14.2 Å². The molecule has 1 N–H and O–H groups in total. The highest BCUT2D eigenvalue weighted by Gasteiger charge is 2.28. The van der Waals surface area contributed by atoms with Crippen LogP contribution in [0.3, 0.4) is 0 Å². The Morgan fingerprint density at radius 3 is 2.64 bits per heavy atom. The molecule has 0 bridgehead atoms. The van der Waals surface area contributed by atoms with Crippen molar-refractivity contribution in [2.75, 3.05) is 13.7 Å². The Morgan fingerprint density at radius 1 is 1.03 bits per heavy atom. The lowest BCUT2D eigenvalue weighted by Gasteiger charge is -2.12. The van der Waals surface area contributed by atoms with Crippen LogP contribution in [0.1, 0.15) is 33.6 Å². The van der Waals surface area contributed by atoms with Crippen LogP contribution in [0.4, 0.5) is 4.39 Å². The van der Waals surface area contributed by atoms with Gasteiger partial charge >= 0.3 is 5.97 Å². The van der Waals surface area contributed by atoms with Crippen molar-refractivity contribution >= 4 is 17.0 Å². The highest BCUT2D eigenvalue weighted by molar-refractivity contribution is 5.92. The lowest BCUT2D eigenvalue weighted by molar-refractivity contribution is 0.0490. The molecular weight excluding hydrogens is 499 g/mol. The van der Waals surface area contributed by atoms with Crippen molar-refractivity contribution < 1.29 is 28.5 Å².